The Hall–Kier alpha value is -1.71. The Morgan fingerprint density at radius 1 is 1.38 bits per heavy atom. The van der Waals surface area contributed by atoms with Crippen molar-refractivity contribution in [3.8, 4) is 0 Å². The van der Waals surface area contributed by atoms with E-state index in [0.717, 1.165) is 5.56 Å². The number of benzene rings is 1. The Labute approximate surface area is 76.7 Å². The smallest absolute Gasteiger partial charge is 0.249 e. The van der Waals surface area contributed by atoms with E-state index in [1.165, 1.54) is 0 Å². The van der Waals surface area contributed by atoms with Crippen LogP contribution in [0.2, 0.25) is 0 Å². The van der Waals surface area contributed by atoms with Crippen LogP contribution < -0.4 is 17.2 Å². The maximum Gasteiger partial charge on any atom is 0.249 e. The molecular formula is C9H13N3O. The fraction of sp³-hybridized carbons (Fsp3) is 0.222. The number of carbonyl (C=O) groups excluding carboxylic acids is 1. The molecule has 0 aromatic heterocycles. The first kappa shape index (κ1) is 9.38. The summed E-state index contributed by atoms with van der Waals surface area (Å²) >= 11 is 0. The second kappa shape index (κ2) is 3.35. The van der Waals surface area contributed by atoms with Crippen molar-refractivity contribution in [2.45, 2.75) is 13.3 Å². The normalized spacial score (nSPS) is 9.92. The zero-order chi connectivity index (χ0) is 10.0. The Kier molecular flexibility index (Phi) is 2.41. The number of anilines is 2. The first-order chi connectivity index (χ1) is 6.06. The third kappa shape index (κ3) is 1.72. The lowest BCUT2D eigenvalue weighted by Crippen LogP contribution is -2.15. The number of nitrogen functional groups attached to an aromatic ring is 2. The molecule has 1 rings (SSSR count). The minimum Gasteiger partial charge on any atom is -0.399 e. The second-order valence-corrected chi connectivity index (χ2v) is 2.85. The van der Waals surface area contributed by atoms with Gasteiger partial charge in [0.25, 0.3) is 0 Å². The summed E-state index contributed by atoms with van der Waals surface area (Å²) in [5.41, 5.74) is 18.6. The third-order valence-corrected chi connectivity index (χ3v) is 1.93. The van der Waals surface area contributed by atoms with Crippen LogP contribution in [0.1, 0.15) is 22.8 Å². The van der Waals surface area contributed by atoms with Gasteiger partial charge >= 0.3 is 0 Å². The van der Waals surface area contributed by atoms with Crippen LogP contribution >= 0.6 is 0 Å². The number of nitrogens with two attached hydrogens (primary N) is 3. The number of carbonyl (C=O) groups is 1. The predicted octanol–water partition coefficient (Wildman–Crippen LogP) is 0.512. The van der Waals surface area contributed by atoms with E-state index in [2.05, 4.69) is 0 Å². The number of hydrogen-bond donors (Lipinski definition) is 3. The highest BCUT2D eigenvalue weighted by Crippen LogP contribution is 2.21. The van der Waals surface area contributed by atoms with E-state index in [9.17, 15) is 4.79 Å². The average molecular weight is 179 g/mol. The predicted molar refractivity (Wildman–Crippen MR) is 53.2 cm³/mol. The molecule has 0 saturated heterocycles. The molecule has 0 spiro atoms. The van der Waals surface area contributed by atoms with Gasteiger partial charge in [-0.25, -0.2) is 0 Å². The van der Waals surface area contributed by atoms with Crippen molar-refractivity contribution in [2.75, 3.05) is 11.5 Å². The molecule has 0 atom stereocenters. The van der Waals surface area contributed by atoms with E-state index < -0.39 is 5.91 Å². The molecule has 6 N–H and O–H groups in total. The van der Waals surface area contributed by atoms with Crippen molar-refractivity contribution in [3.05, 3.63) is 23.3 Å². The molecular weight excluding hydrogens is 166 g/mol. The van der Waals surface area contributed by atoms with E-state index in [-0.39, 0.29) is 0 Å². The second-order valence-electron chi connectivity index (χ2n) is 2.85. The van der Waals surface area contributed by atoms with Gasteiger partial charge in [-0.15, -0.1) is 0 Å². The fourth-order valence-corrected chi connectivity index (χ4v) is 1.33. The minimum atomic E-state index is -0.490. The van der Waals surface area contributed by atoms with Crippen molar-refractivity contribution in [1.29, 1.82) is 0 Å². The van der Waals surface area contributed by atoms with Gasteiger partial charge in [-0.05, 0) is 24.1 Å². The molecule has 0 aliphatic rings. The van der Waals surface area contributed by atoms with Crippen LogP contribution in [0, 0.1) is 0 Å². The van der Waals surface area contributed by atoms with Crippen molar-refractivity contribution < 1.29 is 4.79 Å². The maximum atomic E-state index is 11.0. The summed E-state index contributed by atoms with van der Waals surface area (Å²) in [6.45, 7) is 1.91. The lowest BCUT2D eigenvalue weighted by Gasteiger charge is -2.08. The lowest BCUT2D eigenvalue weighted by atomic mass is 10.0. The van der Waals surface area contributed by atoms with Crippen LogP contribution in [0.15, 0.2) is 12.1 Å². The zero-order valence-corrected chi connectivity index (χ0v) is 7.50. The molecule has 0 fully saturated rings. The Morgan fingerprint density at radius 2 is 2.00 bits per heavy atom. The van der Waals surface area contributed by atoms with E-state index in [1.807, 2.05) is 6.92 Å². The van der Waals surface area contributed by atoms with Crippen molar-refractivity contribution >= 4 is 17.3 Å². The standard InChI is InChI=1S/C9H13N3O/c1-2-6-7(9(12)13)3-5(10)4-8(6)11/h3-4H,2,10-11H2,1H3,(H2,12,13). The van der Waals surface area contributed by atoms with E-state index in [1.54, 1.807) is 12.1 Å². The summed E-state index contributed by atoms with van der Waals surface area (Å²) in [5, 5.41) is 0. The zero-order valence-electron chi connectivity index (χ0n) is 7.50. The van der Waals surface area contributed by atoms with Gasteiger partial charge in [0.1, 0.15) is 0 Å². The van der Waals surface area contributed by atoms with Crippen LogP contribution in [-0.4, -0.2) is 5.91 Å². The van der Waals surface area contributed by atoms with Gasteiger partial charge in [-0.3, -0.25) is 4.79 Å². The molecule has 0 radical (unpaired) electrons. The number of primary amides is 1. The highest BCUT2D eigenvalue weighted by molar-refractivity contribution is 5.96. The van der Waals surface area contributed by atoms with Crippen LogP contribution in [-0.2, 0) is 6.42 Å². The molecule has 0 heterocycles. The monoisotopic (exact) mass is 179 g/mol. The summed E-state index contributed by atoms with van der Waals surface area (Å²) in [7, 11) is 0. The van der Waals surface area contributed by atoms with E-state index >= 15 is 0 Å². The maximum absolute atomic E-state index is 11.0. The van der Waals surface area contributed by atoms with Crippen molar-refractivity contribution in [1.82, 2.24) is 0 Å². The van der Waals surface area contributed by atoms with Gasteiger partial charge in [-0.1, -0.05) is 6.92 Å². The Bertz CT molecular complexity index is 347. The minimum absolute atomic E-state index is 0.417. The van der Waals surface area contributed by atoms with Crippen molar-refractivity contribution in [2.24, 2.45) is 5.73 Å². The molecule has 4 heteroatoms. The summed E-state index contributed by atoms with van der Waals surface area (Å²) < 4.78 is 0. The van der Waals surface area contributed by atoms with Gasteiger partial charge in [-0.2, -0.15) is 0 Å². The summed E-state index contributed by atoms with van der Waals surface area (Å²) in [6.07, 6.45) is 0.671. The molecule has 1 aromatic rings. The molecule has 13 heavy (non-hydrogen) atoms. The highest BCUT2D eigenvalue weighted by Gasteiger charge is 2.10. The van der Waals surface area contributed by atoms with E-state index in [0.29, 0.717) is 23.4 Å². The van der Waals surface area contributed by atoms with Gasteiger partial charge < -0.3 is 17.2 Å². The van der Waals surface area contributed by atoms with Crippen LogP contribution in [0.3, 0.4) is 0 Å². The third-order valence-electron chi connectivity index (χ3n) is 1.93. The number of amides is 1. The lowest BCUT2D eigenvalue weighted by molar-refractivity contribution is 0.0999. The molecule has 4 nitrogen and oxygen atoms in total. The van der Waals surface area contributed by atoms with Gasteiger partial charge in [0.15, 0.2) is 0 Å². The highest BCUT2D eigenvalue weighted by atomic mass is 16.1. The molecule has 1 aromatic carbocycles. The Balaban J connectivity index is 3.38. The SMILES string of the molecule is CCc1c(N)cc(N)cc1C(N)=O. The molecule has 0 aliphatic heterocycles. The number of rotatable bonds is 2. The molecule has 0 bridgehead atoms. The van der Waals surface area contributed by atoms with Crippen LogP contribution in [0.4, 0.5) is 11.4 Å². The van der Waals surface area contributed by atoms with Gasteiger partial charge in [0, 0.05) is 16.9 Å². The summed E-state index contributed by atoms with van der Waals surface area (Å²) in [4.78, 5) is 11.0. The first-order valence-electron chi connectivity index (χ1n) is 4.04. The van der Waals surface area contributed by atoms with Crippen molar-refractivity contribution in [3.63, 3.8) is 0 Å². The quantitative estimate of drug-likeness (QED) is 0.577. The largest absolute Gasteiger partial charge is 0.399 e. The van der Waals surface area contributed by atoms with Crippen LogP contribution in [0.5, 0.6) is 0 Å². The Morgan fingerprint density at radius 3 is 2.46 bits per heavy atom. The molecule has 0 aliphatic carbocycles. The summed E-state index contributed by atoms with van der Waals surface area (Å²) in [6, 6.07) is 3.18. The fourth-order valence-electron chi connectivity index (χ4n) is 1.33. The van der Waals surface area contributed by atoms with Crippen LogP contribution in [0.25, 0.3) is 0 Å². The topological polar surface area (TPSA) is 95.1 Å². The van der Waals surface area contributed by atoms with Gasteiger partial charge in [0.05, 0.1) is 0 Å². The molecule has 70 valence electrons. The van der Waals surface area contributed by atoms with E-state index in [4.69, 9.17) is 17.2 Å². The molecule has 0 unspecified atom stereocenters. The average Bonchev–Trinajstić information content (AvgIpc) is 2.02. The number of hydrogen-bond acceptors (Lipinski definition) is 3. The summed E-state index contributed by atoms with van der Waals surface area (Å²) in [5.74, 6) is -0.490. The molecule has 0 saturated carbocycles. The molecule has 1 amide bonds. The first-order valence-corrected chi connectivity index (χ1v) is 4.04. The van der Waals surface area contributed by atoms with Gasteiger partial charge in [0.2, 0.25) is 5.91 Å².